The van der Waals surface area contributed by atoms with Gasteiger partial charge >= 0.3 is 0 Å². The van der Waals surface area contributed by atoms with E-state index >= 15 is 0 Å². The molecule has 0 radical (unpaired) electrons. The third-order valence-corrected chi connectivity index (χ3v) is 4.40. The first-order chi connectivity index (χ1) is 11.8. The summed E-state index contributed by atoms with van der Waals surface area (Å²) in [7, 11) is 0. The number of furan rings is 1. The maximum Gasteiger partial charge on any atom is 0.287 e. The summed E-state index contributed by atoms with van der Waals surface area (Å²) in [5, 5.41) is 2.90. The predicted molar refractivity (Wildman–Crippen MR) is 90.5 cm³/mol. The van der Waals surface area contributed by atoms with E-state index in [2.05, 4.69) is 20.2 Å². The molecule has 6 heteroatoms. The molecule has 6 nitrogen and oxygen atoms in total. The van der Waals surface area contributed by atoms with Crippen molar-refractivity contribution in [3.8, 4) is 0 Å². The minimum absolute atomic E-state index is 0.188. The van der Waals surface area contributed by atoms with Crippen molar-refractivity contribution in [2.45, 2.75) is 25.9 Å². The smallest absolute Gasteiger partial charge is 0.287 e. The van der Waals surface area contributed by atoms with Gasteiger partial charge in [-0.05, 0) is 55.8 Å². The van der Waals surface area contributed by atoms with Crippen molar-refractivity contribution in [1.82, 2.24) is 20.2 Å². The van der Waals surface area contributed by atoms with Gasteiger partial charge in [0.05, 0.1) is 23.9 Å². The van der Waals surface area contributed by atoms with Gasteiger partial charge in [0.1, 0.15) is 5.76 Å². The van der Waals surface area contributed by atoms with Crippen molar-refractivity contribution in [2.24, 2.45) is 0 Å². The Labute approximate surface area is 139 Å². The Hall–Kier alpha value is -2.60. The number of amides is 1. The largest absolute Gasteiger partial charge is 0.455 e. The standard InChI is InChI=1S/C18H20N4O2/c23-18(17-6-4-14(24-17)11-22-7-1-2-8-22)19-10-13-3-5-15-16(9-13)21-12-20-15/h3-6,9,12H,1-2,7-8,10-11H2,(H,19,23)(H,20,21). The number of likely N-dealkylation sites (tertiary alicyclic amines) is 1. The first kappa shape index (κ1) is 15.0. The van der Waals surface area contributed by atoms with Crippen LogP contribution in [0.3, 0.4) is 0 Å². The molecule has 3 aromatic rings. The number of rotatable bonds is 5. The zero-order valence-electron chi connectivity index (χ0n) is 13.4. The third-order valence-electron chi connectivity index (χ3n) is 4.40. The van der Waals surface area contributed by atoms with Crippen molar-refractivity contribution in [1.29, 1.82) is 0 Å². The second-order valence-corrected chi connectivity index (χ2v) is 6.19. The van der Waals surface area contributed by atoms with Crippen LogP contribution in [-0.2, 0) is 13.1 Å². The average molecular weight is 324 g/mol. The van der Waals surface area contributed by atoms with Crippen molar-refractivity contribution >= 4 is 16.9 Å². The number of carbonyl (C=O) groups is 1. The highest BCUT2D eigenvalue weighted by Gasteiger charge is 2.16. The molecule has 0 bridgehead atoms. The molecule has 1 amide bonds. The zero-order valence-corrected chi connectivity index (χ0v) is 13.4. The van der Waals surface area contributed by atoms with Crippen LogP contribution < -0.4 is 5.32 Å². The van der Waals surface area contributed by atoms with Gasteiger partial charge in [-0.3, -0.25) is 9.69 Å². The molecule has 0 saturated carbocycles. The monoisotopic (exact) mass is 324 g/mol. The Bertz CT molecular complexity index is 845. The van der Waals surface area contributed by atoms with Crippen LogP contribution in [0.1, 0.15) is 34.7 Å². The molecule has 2 aromatic heterocycles. The van der Waals surface area contributed by atoms with E-state index < -0.39 is 0 Å². The minimum Gasteiger partial charge on any atom is -0.455 e. The molecule has 0 aliphatic carbocycles. The van der Waals surface area contributed by atoms with Crippen LogP contribution in [0.2, 0.25) is 0 Å². The van der Waals surface area contributed by atoms with Crippen LogP contribution in [0, 0.1) is 0 Å². The zero-order chi connectivity index (χ0) is 16.4. The Morgan fingerprint density at radius 1 is 1.25 bits per heavy atom. The van der Waals surface area contributed by atoms with E-state index in [0.717, 1.165) is 42.0 Å². The van der Waals surface area contributed by atoms with Gasteiger partial charge in [0.2, 0.25) is 0 Å². The van der Waals surface area contributed by atoms with E-state index in [1.807, 2.05) is 24.3 Å². The minimum atomic E-state index is -0.188. The topological polar surface area (TPSA) is 74.2 Å². The number of benzene rings is 1. The molecular weight excluding hydrogens is 304 g/mol. The summed E-state index contributed by atoms with van der Waals surface area (Å²) in [5.74, 6) is 1.03. The molecule has 3 heterocycles. The lowest BCUT2D eigenvalue weighted by Crippen LogP contribution is -2.22. The summed E-state index contributed by atoms with van der Waals surface area (Å²) >= 11 is 0. The van der Waals surface area contributed by atoms with E-state index in [0.29, 0.717) is 12.3 Å². The fraction of sp³-hybridized carbons (Fsp3) is 0.333. The van der Waals surface area contributed by atoms with E-state index in [1.165, 1.54) is 12.8 Å². The molecule has 1 aliphatic rings. The van der Waals surface area contributed by atoms with Crippen LogP contribution >= 0.6 is 0 Å². The summed E-state index contributed by atoms with van der Waals surface area (Å²) in [4.78, 5) is 21.8. The highest BCUT2D eigenvalue weighted by atomic mass is 16.4. The number of H-pyrrole nitrogens is 1. The Morgan fingerprint density at radius 2 is 2.12 bits per heavy atom. The maximum absolute atomic E-state index is 12.2. The van der Waals surface area contributed by atoms with E-state index in [9.17, 15) is 4.79 Å². The Morgan fingerprint density at radius 3 is 3.00 bits per heavy atom. The lowest BCUT2D eigenvalue weighted by atomic mass is 10.2. The van der Waals surface area contributed by atoms with Gasteiger partial charge in [0, 0.05) is 6.54 Å². The molecule has 1 saturated heterocycles. The van der Waals surface area contributed by atoms with Gasteiger partial charge in [-0.1, -0.05) is 6.07 Å². The second-order valence-electron chi connectivity index (χ2n) is 6.19. The van der Waals surface area contributed by atoms with Gasteiger partial charge in [0.25, 0.3) is 5.91 Å². The van der Waals surface area contributed by atoms with Gasteiger partial charge in [0.15, 0.2) is 5.76 Å². The van der Waals surface area contributed by atoms with Crippen molar-refractivity contribution < 1.29 is 9.21 Å². The van der Waals surface area contributed by atoms with Gasteiger partial charge in [-0.2, -0.15) is 0 Å². The predicted octanol–water partition coefficient (Wildman–Crippen LogP) is 2.68. The maximum atomic E-state index is 12.2. The highest BCUT2D eigenvalue weighted by molar-refractivity contribution is 5.91. The number of aromatic nitrogens is 2. The van der Waals surface area contributed by atoms with Crippen LogP contribution in [0.15, 0.2) is 41.1 Å². The molecule has 1 aliphatic heterocycles. The molecule has 2 N–H and O–H groups in total. The lowest BCUT2D eigenvalue weighted by Gasteiger charge is -2.11. The second kappa shape index (κ2) is 6.49. The highest BCUT2D eigenvalue weighted by Crippen LogP contribution is 2.16. The molecule has 0 spiro atoms. The summed E-state index contributed by atoms with van der Waals surface area (Å²) in [6, 6.07) is 9.53. The normalized spacial score (nSPS) is 15.2. The number of nitrogens with one attached hydrogen (secondary N) is 2. The summed E-state index contributed by atoms with van der Waals surface area (Å²) < 4.78 is 5.68. The fourth-order valence-electron chi connectivity index (χ4n) is 3.11. The fourth-order valence-corrected chi connectivity index (χ4v) is 3.11. The van der Waals surface area contributed by atoms with Crippen LogP contribution in [0.4, 0.5) is 0 Å². The number of carbonyl (C=O) groups excluding carboxylic acids is 1. The van der Waals surface area contributed by atoms with Crippen molar-refractivity contribution in [2.75, 3.05) is 13.1 Å². The molecule has 4 rings (SSSR count). The molecule has 24 heavy (non-hydrogen) atoms. The van der Waals surface area contributed by atoms with Gasteiger partial charge in [-0.25, -0.2) is 4.98 Å². The van der Waals surface area contributed by atoms with E-state index in [1.54, 1.807) is 12.4 Å². The number of imidazole rings is 1. The third kappa shape index (κ3) is 3.19. The van der Waals surface area contributed by atoms with E-state index in [4.69, 9.17) is 4.42 Å². The first-order valence-electron chi connectivity index (χ1n) is 8.29. The van der Waals surface area contributed by atoms with Crippen molar-refractivity contribution in [3.05, 3.63) is 53.7 Å². The molecular formula is C18H20N4O2. The average Bonchev–Trinajstić information content (AvgIpc) is 3.34. The van der Waals surface area contributed by atoms with Crippen molar-refractivity contribution in [3.63, 3.8) is 0 Å². The molecule has 1 aromatic carbocycles. The lowest BCUT2D eigenvalue weighted by molar-refractivity contribution is 0.0919. The molecule has 0 unspecified atom stereocenters. The van der Waals surface area contributed by atoms with Gasteiger partial charge < -0.3 is 14.7 Å². The Balaban J connectivity index is 1.36. The van der Waals surface area contributed by atoms with Crippen LogP contribution in [-0.4, -0.2) is 33.9 Å². The molecule has 0 atom stereocenters. The number of hydrogen-bond acceptors (Lipinski definition) is 4. The van der Waals surface area contributed by atoms with Crippen LogP contribution in [0.5, 0.6) is 0 Å². The van der Waals surface area contributed by atoms with E-state index in [-0.39, 0.29) is 5.91 Å². The van der Waals surface area contributed by atoms with Crippen LogP contribution in [0.25, 0.3) is 11.0 Å². The Kier molecular flexibility index (Phi) is 4.04. The number of aromatic amines is 1. The summed E-state index contributed by atoms with van der Waals surface area (Å²) in [6.45, 7) is 3.45. The summed E-state index contributed by atoms with van der Waals surface area (Å²) in [5.41, 5.74) is 2.90. The number of hydrogen-bond donors (Lipinski definition) is 2. The van der Waals surface area contributed by atoms with Gasteiger partial charge in [-0.15, -0.1) is 0 Å². The SMILES string of the molecule is O=C(NCc1ccc2nc[nH]c2c1)c1ccc(CN2CCCC2)o1. The molecule has 124 valence electrons. The molecule has 1 fully saturated rings. The summed E-state index contributed by atoms with van der Waals surface area (Å²) in [6.07, 6.45) is 4.15. The number of fused-ring (bicyclic) bond motifs is 1. The number of nitrogens with zero attached hydrogens (tertiary/aromatic N) is 2. The first-order valence-corrected chi connectivity index (χ1v) is 8.29. The quantitative estimate of drug-likeness (QED) is 0.757.